The van der Waals surface area contributed by atoms with Gasteiger partial charge in [0.25, 0.3) is 0 Å². The highest BCUT2D eigenvalue weighted by Crippen LogP contribution is 2.37. The zero-order chi connectivity index (χ0) is 21.5. The summed E-state index contributed by atoms with van der Waals surface area (Å²) in [5, 5.41) is 3.70. The minimum absolute atomic E-state index is 0.173. The molecular formula is C25H21N3O. The van der Waals surface area contributed by atoms with Gasteiger partial charge in [0.2, 0.25) is 0 Å². The van der Waals surface area contributed by atoms with E-state index < -0.39 is 0 Å². The van der Waals surface area contributed by atoms with Crippen LogP contribution in [0.2, 0.25) is 0 Å². The molecule has 0 saturated heterocycles. The Morgan fingerprint density at radius 3 is 2.21 bits per heavy atom. The molecule has 0 N–H and O–H groups in total. The fourth-order valence-corrected chi connectivity index (χ4v) is 2.42. The number of benzene rings is 2. The fraction of sp³-hybridized carbons (Fsp3) is 0.200. The van der Waals surface area contributed by atoms with Crippen LogP contribution in [0.4, 0.5) is 5.69 Å². The second-order valence-corrected chi connectivity index (χ2v) is 6.09. The van der Waals surface area contributed by atoms with E-state index in [0.717, 1.165) is 5.56 Å². The molecule has 2 rings (SSSR count). The number of hydrogen-bond acceptors (Lipinski definition) is 2. The van der Waals surface area contributed by atoms with Crippen molar-refractivity contribution in [1.82, 2.24) is 0 Å². The maximum absolute atomic E-state index is 8.65. The SMILES string of the molecule is C#CC#CC#CC#CC.COc1ccc(C(C)(C)c2ccccc2)cc1N=[N+]=[N-]. The Balaban J connectivity index is 0.000000396. The molecule has 4 heteroatoms. The van der Waals surface area contributed by atoms with Crippen LogP contribution in [0.3, 0.4) is 0 Å². The molecule has 0 radical (unpaired) electrons. The molecule has 0 aliphatic carbocycles. The third kappa shape index (κ3) is 7.13. The van der Waals surface area contributed by atoms with Crippen molar-refractivity contribution >= 4 is 5.69 Å². The minimum Gasteiger partial charge on any atom is -0.496 e. The quantitative estimate of drug-likeness (QED) is 0.295. The molecule has 4 nitrogen and oxygen atoms in total. The maximum atomic E-state index is 8.65. The van der Waals surface area contributed by atoms with E-state index in [0.29, 0.717) is 11.4 Å². The molecule has 29 heavy (non-hydrogen) atoms. The van der Waals surface area contributed by atoms with Crippen LogP contribution in [0, 0.1) is 47.9 Å². The first-order chi connectivity index (χ1) is 14.0. The van der Waals surface area contributed by atoms with Crippen LogP contribution in [0.15, 0.2) is 53.6 Å². The van der Waals surface area contributed by atoms with Gasteiger partial charge >= 0.3 is 0 Å². The highest BCUT2D eigenvalue weighted by atomic mass is 16.5. The van der Waals surface area contributed by atoms with Gasteiger partial charge in [-0.1, -0.05) is 61.3 Å². The molecule has 0 atom stereocenters. The van der Waals surface area contributed by atoms with E-state index in [1.54, 1.807) is 14.0 Å². The highest BCUT2D eigenvalue weighted by Gasteiger charge is 2.23. The predicted octanol–water partition coefficient (Wildman–Crippen LogP) is 5.61. The number of azide groups is 1. The smallest absolute Gasteiger partial charge is 0.128 e. The Kier molecular flexibility index (Phi) is 9.63. The molecule has 0 aliphatic rings. The molecule has 0 fully saturated rings. The Morgan fingerprint density at radius 2 is 1.62 bits per heavy atom. The standard InChI is InChI=1S/C16H17N3O.C9H4/c1-16(2,12-7-5-4-6-8-12)13-9-10-15(20-3)14(11-13)18-19-17;1-3-5-7-9-8-6-4-2/h4-11H,1-3H3;1H,2H3. The average molecular weight is 379 g/mol. The molecular weight excluding hydrogens is 358 g/mol. The van der Waals surface area contributed by atoms with Crippen molar-refractivity contribution in [3.05, 3.63) is 70.1 Å². The summed E-state index contributed by atoms with van der Waals surface area (Å²) in [5.41, 5.74) is 11.3. The van der Waals surface area contributed by atoms with E-state index in [9.17, 15) is 0 Å². The Morgan fingerprint density at radius 1 is 0.966 bits per heavy atom. The van der Waals surface area contributed by atoms with Gasteiger partial charge in [0, 0.05) is 10.3 Å². The van der Waals surface area contributed by atoms with Gasteiger partial charge in [-0.05, 0) is 71.2 Å². The Hall–Kier alpha value is -4.21. The Bertz CT molecular complexity index is 1100. The normalized spacial score (nSPS) is 8.52. The lowest BCUT2D eigenvalue weighted by atomic mass is 9.78. The van der Waals surface area contributed by atoms with Crippen LogP contribution < -0.4 is 4.74 Å². The summed E-state index contributed by atoms with van der Waals surface area (Å²) in [6, 6.07) is 16.0. The van der Waals surface area contributed by atoms with Gasteiger partial charge in [-0.2, -0.15) is 0 Å². The second-order valence-electron chi connectivity index (χ2n) is 6.09. The predicted molar refractivity (Wildman–Crippen MR) is 118 cm³/mol. The molecule has 0 spiro atoms. The van der Waals surface area contributed by atoms with Crippen LogP contribution in [-0.4, -0.2) is 7.11 Å². The largest absolute Gasteiger partial charge is 0.496 e. The van der Waals surface area contributed by atoms with Gasteiger partial charge < -0.3 is 4.74 Å². The van der Waals surface area contributed by atoms with E-state index in [-0.39, 0.29) is 5.41 Å². The summed E-state index contributed by atoms with van der Waals surface area (Å²) in [7, 11) is 1.56. The van der Waals surface area contributed by atoms with Crippen molar-refractivity contribution in [2.24, 2.45) is 5.11 Å². The molecule has 0 bridgehead atoms. The summed E-state index contributed by atoms with van der Waals surface area (Å²) in [4.78, 5) is 2.86. The molecule has 0 aromatic heterocycles. The zero-order valence-electron chi connectivity index (χ0n) is 16.9. The molecule has 2 aromatic carbocycles. The van der Waals surface area contributed by atoms with Crippen LogP contribution in [0.5, 0.6) is 5.75 Å². The first kappa shape index (κ1) is 22.8. The molecule has 0 unspecified atom stereocenters. The molecule has 0 aliphatic heterocycles. The van der Waals surface area contributed by atoms with Crippen molar-refractivity contribution in [2.75, 3.05) is 7.11 Å². The topological polar surface area (TPSA) is 58.0 Å². The van der Waals surface area contributed by atoms with E-state index >= 15 is 0 Å². The van der Waals surface area contributed by atoms with Crippen molar-refractivity contribution < 1.29 is 4.74 Å². The number of terminal acetylenes is 1. The summed E-state index contributed by atoms with van der Waals surface area (Å²) >= 11 is 0. The van der Waals surface area contributed by atoms with Crippen LogP contribution >= 0.6 is 0 Å². The lowest BCUT2D eigenvalue weighted by molar-refractivity contribution is 0.415. The van der Waals surface area contributed by atoms with Gasteiger partial charge in [0.05, 0.1) is 12.8 Å². The molecule has 0 saturated carbocycles. The first-order valence-corrected chi connectivity index (χ1v) is 8.67. The van der Waals surface area contributed by atoms with Crippen LogP contribution in [-0.2, 0) is 5.41 Å². The summed E-state index contributed by atoms with van der Waals surface area (Å²) in [6.07, 6.45) is 4.82. The van der Waals surface area contributed by atoms with Gasteiger partial charge in [-0.15, -0.1) is 6.42 Å². The van der Waals surface area contributed by atoms with E-state index in [4.69, 9.17) is 16.7 Å². The highest BCUT2D eigenvalue weighted by molar-refractivity contribution is 5.56. The summed E-state index contributed by atoms with van der Waals surface area (Å²) in [6.45, 7) is 6.00. The molecule has 0 amide bonds. The third-order valence-electron chi connectivity index (χ3n) is 4.00. The molecule has 0 heterocycles. The summed E-state index contributed by atoms with van der Waals surface area (Å²) in [5.74, 6) is 17.6. The van der Waals surface area contributed by atoms with Crippen LogP contribution in [0.1, 0.15) is 31.9 Å². The zero-order valence-corrected chi connectivity index (χ0v) is 16.9. The average Bonchev–Trinajstić information content (AvgIpc) is 2.75. The number of hydrogen-bond donors (Lipinski definition) is 0. The van der Waals surface area contributed by atoms with Gasteiger partial charge in [-0.3, -0.25) is 0 Å². The summed E-state index contributed by atoms with van der Waals surface area (Å²) < 4.78 is 5.21. The lowest BCUT2D eigenvalue weighted by Crippen LogP contribution is -2.18. The number of nitrogens with zero attached hydrogens (tertiary/aromatic N) is 3. The van der Waals surface area contributed by atoms with E-state index in [1.165, 1.54) is 5.56 Å². The monoisotopic (exact) mass is 379 g/mol. The van der Waals surface area contributed by atoms with Crippen LogP contribution in [0.25, 0.3) is 10.4 Å². The number of methoxy groups -OCH3 is 1. The van der Waals surface area contributed by atoms with E-state index in [1.807, 2.05) is 36.4 Å². The number of rotatable bonds is 4. The Labute approximate surface area is 172 Å². The van der Waals surface area contributed by atoms with Gasteiger partial charge in [0.15, 0.2) is 0 Å². The fourth-order valence-electron chi connectivity index (χ4n) is 2.42. The second kappa shape index (κ2) is 12.2. The van der Waals surface area contributed by atoms with E-state index in [2.05, 4.69) is 77.4 Å². The lowest BCUT2D eigenvalue weighted by Gasteiger charge is -2.26. The number of ether oxygens (including phenoxy) is 1. The first-order valence-electron chi connectivity index (χ1n) is 8.67. The molecule has 142 valence electrons. The van der Waals surface area contributed by atoms with Crippen molar-refractivity contribution in [3.63, 3.8) is 0 Å². The maximum Gasteiger partial charge on any atom is 0.128 e. The molecule has 2 aromatic rings. The van der Waals surface area contributed by atoms with Gasteiger partial charge in [0.1, 0.15) is 5.75 Å². The minimum atomic E-state index is -0.173. The van der Waals surface area contributed by atoms with Crippen molar-refractivity contribution in [1.29, 1.82) is 0 Å². The van der Waals surface area contributed by atoms with Crippen molar-refractivity contribution in [3.8, 4) is 53.6 Å². The van der Waals surface area contributed by atoms with Gasteiger partial charge in [-0.25, -0.2) is 0 Å². The third-order valence-corrected chi connectivity index (χ3v) is 4.00. The van der Waals surface area contributed by atoms with Crippen molar-refractivity contribution in [2.45, 2.75) is 26.2 Å².